The van der Waals surface area contributed by atoms with Crippen LogP contribution in [-0.2, 0) is 6.42 Å². The number of aryl methyl sites for hydroxylation is 1. The lowest BCUT2D eigenvalue weighted by Crippen LogP contribution is -2.01. The highest BCUT2D eigenvalue weighted by atomic mass is 16.4. The van der Waals surface area contributed by atoms with Crippen molar-refractivity contribution < 1.29 is 19.8 Å². The molecule has 0 aliphatic carbocycles. The van der Waals surface area contributed by atoms with E-state index in [4.69, 9.17) is 10.2 Å². The molecule has 0 aliphatic heterocycles. The third-order valence-electron chi connectivity index (χ3n) is 3.01. The van der Waals surface area contributed by atoms with E-state index in [0.29, 0.717) is 5.69 Å². The molecule has 0 fully saturated rings. The predicted octanol–water partition coefficient (Wildman–Crippen LogP) is 4.06. The summed E-state index contributed by atoms with van der Waals surface area (Å²) in [6.07, 6.45) is 0.862. The Morgan fingerprint density at radius 1 is 0.909 bits per heavy atom. The molecule has 0 aliphatic rings. The Balaban J connectivity index is 2.37. The summed E-state index contributed by atoms with van der Waals surface area (Å²) in [6, 6.07) is 11.1. The SMILES string of the molecule is CCc1cccc(N=Nc2cc(C(=O)O)cc(C(=O)O)c2)c1. The van der Waals surface area contributed by atoms with Crippen LogP contribution in [-0.4, -0.2) is 22.2 Å². The maximum absolute atomic E-state index is 11.0. The van der Waals surface area contributed by atoms with Crippen LogP contribution < -0.4 is 0 Å². The minimum absolute atomic E-state index is 0.142. The lowest BCUT2D eigenvalue weighted by atomic mass is 10.1. The molecule has 6 nitrogen and oxygen atoms in total. The van der Waals surface area contributed by atoms with Crippen LogP contribution in [0.1, 0.15) is 33.2 Å². The first-order valence-electron chi connectivity index (χ1n) is 6.62. The molecule has 0 atom stereocenters. The van der Waals surface area contributed by atoms with Gasteiger partial charge in [-0.15, -0.1) is 0 Å². The van der Waals surface area contributed by atoms with E-state index in [1.165, 1.54) is 12.1 Å². The number of hydrogen-bond acceptors (Lipinski definition) is 4. The Kier molecular flexibility index (Phi) is 4.63. The van der Waals surface area contributed by atoms with Crippen LogP contribution in [0.2, 0.25) is 0 Å². The van der Waals surface area contributed by atoms with Gasteiger partial charge in [0.2, 0.25) is 0 Å². The van der Waals surface area contributed by atoms with Gasteiger partial charge in [0.05, 0.1) is 22.5 Å². The first kappa shape index (κ1) is 15.4. The average molecular weight is 298 g/mol. The van der Waals surface area contributed by atoms with Gasteiger partial charge in [0.15, 0.2) is 0 Å². The van der Waals surface area contributed by atoms with Crippen molar-refractivity contribution in [3.05, 3.63) is 59.2 Å². The number of carboxylic acids is 2. The van der Waals surface area contributed by atoms with Crippen molar-refractivity contribution in [2.24, 2.45) is 10.2 Å². The van der Waals surface area contributed by atoms with Gasteiger partial charge in [0.25, 0.3) is 0 Å². The molecule has 0 amide bonds. The fourth-order valence-corrected chi connectivity index (χ4v) is 1.87. The van der Waals surface area contributed by atoms with Crippen LogP contribution in [0.15, 0.2) is 52.7 Å². The Labute approximate surface area is 126 Å². The standard InChI is InChI=1S/C16H14N2O4/c1-2-10-4-3-5-13(6-10)17-18-14-8-11(15(19)20)7-12(9-14)16(21)22/h3-9H,2H2,1H3,(H,19,20)(H,21,22). The van der Waals surface area contributed by atoms with E-state index in [9.17, 15) is 9.59 Å². The summed E-state index contributed by atoms with van der Waals surface area (Å²) in [5.41, 5.74) is 1.62. The van der Waals surface area contributed by atoms with Crippen LogP contribution in [0, 0.1) is 0 Å². The maximum atomic E-state index is 11.0. The third kappa shape index (κ3) is 3.76. The fourth-order valence-electron chi connectivity index (χ4n) is 1.87. The Bertz CT molecular complexity index is 721. The second-order valence-electron chi connectivity index (χ2n) is 4.60. The molecule has 112 valence electrons. The molecular weight excluding hydrogens is 284 g/mol. The molecule has 0 unspecified atom stereocenters. The zero-order chi connectivity index (χ0) is 16.1. The normalized spacial score (nSPS) is 10.8. The van der Waals surface area contributed by atoms with Gasteiger partial charge in [-0.25, -0.2) is 9.59 Å². The maximum Gasteiger partial charge on any atom is 0.335 e. The minimum atomic E-state index is -1.22. The van der Waals surface area contributed by atoms with E-state index in [1.807, 2.05) is 25.1 Å². The van der Waals surface area contributed by atoms with Crippen LogP contribution in [0.5, 0.6) is 0 Å². The Morgan fingerprint density at radius 2 is 1.50 bits per heavy atom. The summed E-state index contributed by atoms with van der Waals surface area (Å²) in [4.78, 5) is 22.0. The minimum Gasteiger partial charge on any atom is -0.478 e. The molecule has 2 aromatic carbocycles. The molecule has 2 N–H and O–H groups in total. The summed E-state index contributed by atoms with van der Waals surface area (Å²) in [7, 11) is 0. The molecule has 6 heteroatoms. The zero-order valence-electron chi connectivity index (χ0n) is 11.9. The summed E-state index contributed by atoms with van der Waals surface area (Å²) in [5, 5.41) is 26.0. The van der Waals surface area contributed by atoms with Gasteiger partial charge in [-0.3, -0.25) is 0 Å². The van der Waals surface area contributed by atoms with Crippen molar-refractivity contribution in [3.8, 4) is 0 Å². The van der Waals surface area contributed by atoms with Crippen molar-refractivity contribution in [2.75, 3.05) is 0 Å². The molecule has 0 heterocycles. The molecule has 2 aromatic rings. The van der Waals surface area contributed by atoms with Crippen LogP contribution in [0.25, 0.3) is 0 Å². The molecule has 2 rings (SSSR count). The van der Waals surface area contributed by atoms with Gasteiger partial charge in [-0.05, 0) is 42.3 Å². The van der Waals surface area contributed by atoms with E-state index in [-0.39, 0.29) is 16.8 Å². The second-order valence-corrected chi connectivity index (χ2v) is 4.60. The molecule has 0 aromatic heterocycles. The summed E-state index contributed by atoms with van der Waals surface area (Å²) < 4.78 is 0. The van der Waals surface area contributed by atoms with Crippen molar-refractivity contribution in [2.45, 2.75) is 13.3 Å². The predicted molar refractivity (Wildman–Crippen MR) is 80.4 cm³/mol. The summed E-state index contributed by atoms with van der Waals surface area (Å²) >= 11 is 0. The van der Waals surface area contributed by atoms with Crippen LogP contribution in [0.4, 0.5) is 11.4 Å². The molecule has 0 spiro atoms. The van der Waals surface area contributed by atoms with E-state index in [0.717, 1.165) is 18.1 Å². The van der Waals surface area contributed by atoms with Crippen molar-refractivity contribution in [1.82, 2.24) is 0 Å². The van der Waals surface area contributed by atoms with E-state index in [1.54, 1.807) is 6.07 Å². The first-order chi connectivity index (χ1) is 10.5. The quantitative estimate of drug-likeness (QED) is 0.813. The highest BCUT2D eigenvalue weighted by Crippen LogP contribution is 2.22. The molecule has 0 bridgehead atoms. The number of carboxylic acid groups (broad SMARTS) is 2. The number of nitrogens with zero attached hydrogens (tertiary/aromatic N) is 2. The number of benzene rings is 2. The number of azo groups is 1. The number of carbonyl (C=O) groups is 2. The first-order valence-corrected chi connectivity index (χ1v) is 6.62. The average Bonchev–Trinajstić information content (AvgIpc) is 2.52. The van der Waals surface area contributed by atoms with E-state index >= 15 is 0 Å². The van der Waals surface area contributed by atoms with Gasteiger partial charge in [0.1, 0.15) is 0 Å². The van der Waals surface area contributed by atoms with Gasteiger partial charge in [-0.2, -0.15) is 10.2 Å². The molecule has 0 radical (unpaired) electrons. The van der Waals surface area contributed by atoms with Gasteiger partial charge in [-0.1, -0.05) is 19.1 Å². The molecule has 0 saturated heterocycles. The van der Waals surface area contributed by atoms with Crippen LogP contribution in [0.3, 0.4) is 0 Å². The monoisotopic (exact) mass is 298 g/mol. The fraction of sp³-hybridized carbons (Fsp3) is 0.125. The number of rotatable bonds is 5. The topological polar surface area (TPSA) is 99.3 Å². The van der Waals surface area contributed by atoms with E-state index < -0.39 is 11.9 Å². The number of hydrogen-bond donors (Lipinski definition) is 2. The summed E-state index contributed by atoms with van der Waals surface area (Å²) in [5.74, 6) is -2.43. The molecular formula is C16H14N2O4. The smallest absolute Gasteiger partial charge is 0.335 e. The van der Waals surface area contributed by atoms with Crippen molar-refractivity contribution in [3.63, 3.8) is 0 Å². The highest BCUT2D eigenvalue weighted by Gasteiger charge is 2.11. The van der Waals surface area contributed by atoms with Crippen LogP contribution >= 0.6 is 0 Å². The van der Waals surface area contributed by atoms with Crippen molar-refractivity contribution >= 4 is 23.3 Å². The number of aromatic carboxylic acids is 2. The lowest BCUT2D eigenvalue weighted by Gasteiger charge is -2.01. The largest absolute Gasteiger partial charge is 0.478 e. The third-order valence-corrected chi connectivity index (χ3v) is 3.01. The summed E-state index contributed by atoms with van der Waals surface area (Å²) in [6.45, 7) is 2.02. The molecule has 0 saturated carbocycles. The highest BCUT2D eigenvalue weighted by molar-refractivity contribution is 5.95. The van der Waals surface area contributed by atoms with Gasteiger partial charge in [0, 0.05) is 0 Å². The molecule has 22 heavy (non-hydrogen) atoms. The lowest BCUT2D eigenvalue weighted by molar-refractivity contribution is 0.0696. The van der Waals surface area contributed by atoms with Gasteiger partial charge < -0.3 is 10.2 Å². The van der Waals surface area contributed by atoms with Gasteiger partial charge >= 0.3 is 11.9 Å². The Hall–Kier alpha value is -3.02. The van der Waals surface area contributed by atoms with E-state index in [2.05, 4.69) is 10.2 Å². The van der Waals surface area contributed by atoms with Crippen molar-refractivity contribution in [1.29, 1.82) is 0 Å². The Morgan fingerprint density at radius 3 is 2.05 bits per heavy atom. The second kappa shape index (κ2) is 6.62. The zero-order valence-corrected chi connectivity index (χ0v) is 11.9.